The van der Waals surface area contributed by atoms with Crippen molar-refractivity contribution in [3.05, 3.63) is 42.2 Å². The van der Waals surface area contributed by atoms with Gasteiger partial charge in [0, 0.05) is 19.2 Å². The molecule has 0 radical (unpaired) electrons. The molecule has 0 atom stereocenters. The van der Waals surface area contributed by atoms with Gasteiger partial charge >= 0.3 is 0 Å². The highest BCUT2D eigenvalue weighted by molar-refractivity contribution is 5.97. The summed E-state index contributed by atoms with van der Waals surface area (Å²) in [5.74, 6) is -0.394. The van der Waals surface area contributed by atoms with E-state index in [1.165, 1.54) is 30.7 Å². The van der Waals surface area contributed by atoms with E-state index in [4.69, 9.17) is 9.15 Å². The first kappa shape index (κ1) is 13.2. The van der Waals surface area contributed by atoms with Gasteiger partial charge in [0.25, 0.3) is 5.91 Å². The van der Waals surface area contributed by atoms with Crippen molar-refractivity contribution >= 4 is 5.91 Å². The summed E-state index contributed by atoms with van der Waals surface area (Å²) in [7, 11) is 1.55. The SMILES string of the molecule is COCCNC(=O)c1ncoc1-c1ccc(F)cc1. The molecule has 0 spiro atoms. The zero-order valence-electron chi connectivity index (χ0n) is 10.4. The summed E-state index contributed by atoms with van der Waals surface area (Å²) in [5, 5.41) is 2.65. The van der Waals surface area contributed by atoms with Gasteiger partial charge in [-0.2, -0.15) is 0 Å². The van der Waals surface area contributed by atoms with Crippen molar-refractivity contribution in [3.8, 4) is 11.3 Å². The lowest BCUT2D eigenvalue weighted by atomic mass is 10.1. The number of rotatable bonds is 5. The Hall–Kier alpha value is -2.21. The molecule has 0 unspecified atom stereocenters. The minimum atomic E-state index is -0.356. The molecule has 0 bridgehead atoms. The average Bonchev–Trinajstić information content (AvgIpc) is 2.89. The van der Waals surface area contributed by atoms with Crippen molar-refractivity contribution in [1.82, 2.24) is 10.3 Å². The fourth-order valence-electron chi connectivity index (χ4n) is 1.56. The molecule has 0 aliphatic carbocycles. The minimum absolute atomic E-state index is 0.169. The van der Waals surface area contributed by atoms with Crippen molar-refractivity contribution < 1.29 is 18.3 Å². The highest BCUT2D eigenvalue weighted by Gasteiger charge is 2.17. The maximum absolute atomic E-state index is 12.9. The second kappa shape index (κ2) is 6.10. The number of carbonyl (C=O) groups excluding carboxylic acids is 1. The Morgan fingerprint density at radius 1 is 1.42 bits per heavy atom. The molecule has 0 aliphatic rings. The number of carbonyl (C=O) groups is 1. The van der Waals surface area contributed by atoms with Crippen LogP contribution in [0, 0.1) is 5.82 Å². The third kappa shape index (κ3) is 3.17. The first-order valence-corrected chi connectivity index (χ1v) is 5.69. The fraction of sp³-hybridized carbons (Fsp3) is 0.231. The van der Waals surface area contributed by atoms with Crippen molar-refractivity contribution in [1.29, 1.82) is 0 Å². The van der Waals surface area contributed by atoms with E-state index in [2.05, 4.69) is 10.3 Å². The second-order valence-corrected chi connectivity index (χ2v) is 3.79. The van der Waals surface area contributed by atoms with Gasteiger partial charge in [0.05, 0.1) is 6.61 Å². The smallest absolute Gasteiger partial charge is 0.274 e. The van der Waals surface area contributed by atoms with Crippen molar-refractivity contribution in [3.63, 3.8) is 0 Å². The Bertz CT molecular complexity index is 551. The summed E-state index contributed by atoms with van der Waals surface area (Å²) < 4.78 is 22.9. The van der Waals surface area contributed by atoms with Crippen LogP contribution in [0.25, 0.3) is 11.3 Å². The molecule has 1 N–H and O–H groups in total. The average molecular weight is 264 g/mol. The first-order chi connectivity index (χ1) is 9.22. The van der Waals surface area contributed by atoms with Crippen LogP contribution in [0.15, 0.2) is 35.1 Å². The number of hydrogen-bond acceptors (Lipinski definition) is 4. The van der Waals surface area contributed by atoms with Gasteiger partial charge in [-0.25, -0.2) is 9.37 Å². The largest absolute Gasteiger partial charge is 0.443 e. The van der Waals surface area contributed by atoms with Gasteiger partial charge in [0.15, 0.2) is 17.8 Å². The number of methoxy groups -OCH3 is 1. The van der Waals surface area contributed by atoms with E-state index in [1.54, 1.807) is 7.11 Å². The van der Waals surface area contributed by atoms with Crippen molar-refractivity contribution in [2.75, 3.05) is 20.3 Å². The molecule has 5 nitrogen and oxygen atoms in total. The standard InChI is InChI=1S/C13H13FN2O3/c1-18-7-6-15-13(17)11-12(19-8-16-11)9-2-4-10(14)5-3-9/h2-5,8H,6-7H2,1H3,(H,15,17). The zero-order chi connectivity index (χ0) is 13.7. The van der Waals surface area contributed by atoms with Crippen molar-refractivity contribution in [2.45, 2.75) is 0 Å². The summed E-state index contributed by atoms with van der Waals surface area (Å²) >= 11 is 0. The van der Waals surface area contributed by atoms with Crippen LogP contribution >= 0.6 is 0 Å². The van der Waals surface area contributed by atoms with E-state index >= 15 is 0 Å². The second-order valence-electron chi connectivity index (χ2n) is 3.79. The zero-order valence-corrected chi connectivity index (χ0v) is 10.4. The molecule has 2 aromatic rings. The van der Waals surface area contributed by atoms with E-state index in [1.807, 2.05) is 0 Å². The summed E-state index contributed by atoms with van der Waals surface area (Å²) in [5.41, 5.74) is 0.763. The fourth-order valence-corrected chi connectivity index (χ4v) is 1.56. The lowest BCUT2D eigenvalue weighted by Crippen LogP contribution is -2.27. The van der Waals surface area contributed by atoms with Crippen LogP contribution in [0.4, 0.5) is 4.39 Å². The predicted octanol–water partition coefficient (Wildman–Crippen LogP) is 1.86. The molecule has 6 heteroatoms. The number of nitrogens with zero attached hydrogens (tertiary/aromatic N) is 1. The summed E-state index contributed by atoms with van der Waals surface area (Å²) in [6.07, 6.45) is 1.18. The molecule has 1 heterocycles. The Labute approximate surface area is 109 Å². The van der Waals surface area contributed by atoms with Gasteiger partial charge < -0.3 is 14.5 Å². The third-order valence-corrected chi connectivity index (χ3v) is 2.48. The Kier molecular flexibility index (Phi) is 4.25. The normalized spacial score (nSPS) is 10.4. The molecule has 19 heavy (non-hydrogen) atoms. The molecule has 0 aliphatic heterocycles. The number of amides is 1. The lowest BCUT2D eigenvalue weighted by Gasteiger charge is -2.03. The van der Waals surface area contributed by atoms with Gasteiger partial charge in [-0.05, 0) is 24.3 Å². The number of oxazole rings is 1. The molecular weight excluding hydrogens is 251 g/mol. The van der Waals surface area contributed by atoms with Gasteiger partial charge in [-0.1, -0.05) is 0 Å². The summed E-state index contributed by atoms with van der Waals surface area (Å²) in [6, 6.07) is 5.65. The van der Waals surface area contributed by atoms with Crippen LogP contribution in [-0.4, -0.2) is 31.2 Å². The number of halogens is 1. The molecule has 2 rings (SSSR count). The quantitative estimate of drug-likeness (QED) is 0.837. The van der Waals surface area contributed by atoms with Crippen LogP contribution in [0.5, 0.6) is 0 Å². The molecule has 1 amide bonds. The number of ether oxygens (including phenoxy) is 1. The van der Waals surface area contributed by atoms with Crippen LogP contribution in [0.3, 0.4) is 0 Å². The van der Waals surface area contributed by atoms with Crippen LogP contribution in [0.2, 0.25) is 0 Å². The number of nitrogens with one attached hydrogen (secondary N) is 1. The maximum atomic E-state index is 12.9. The predicted molar refractivity (Wildman–Crippen MR) is 66.1 cm³/mol. The van der Waals surface area contributed by atoms with E-state index < -0.39 is 0 Å². The maximum Gasteiger partial charge on any atom is 0.274 e. The lowest BCUT2D eigenvalue weighted by molar-refractivity contribution is 0.0933. The Morgan fingerprint density at radius 3 is 2.84 bits per heavy atom. The Balaban J connectivity index is 2.17. The van der Waals surface area contributed by atoms with Crippen LogP contribution in [-0.2, 0) is 4.74 Å². The number of aromatic nitrogens is 1. The Morgan fingerprint density at radius 2 is 2.16 bits per heavy atom. The molecular formula is C13H13FN2O3. The van der Waals surface area contributed by atoms with E-state index in [0.717, 1.165) is 0 Å². The van der Waals surface area contributed by atoms with Gasteiger partial charge in [-0.15, -0.1) is 0 Å². The summed E-state index contributed by atoms with van der Waals surface area (Å²) in [6.45, 7) is 0.792. The topological polar surface area (TPSA) is 64.4 Å². The van der Waals surface area contributed by atoms with E-state index in [-0.39, 0.29) is 17.4 Å². The van der Waals surface area contributed by atoms with Gasteiger partial charge in [-0.3, -0.25) is 4.79 Å². The van der Waals surface area contributed by atoms with E-state index in [9.17, 15) is 9.18 Å². The van der Waals surface area contributed by atoms with E-state index in [0.29, 0.717) is 24.5 Å². The molecule has 0 saturated heterocycles. The highest BCUT2D eigenvalue weighted by atomic mass is 19.1. The number of benzene rings is 1. The molecule has 1 aromatic heterocycles. The summed E-state index contributed by atoms with van der Waals surface area (Å²) in [4.78, 5) is 15.8. The van der Waals surface area contributed by atoms with Crippen LogP contribution < -0.4 is 5.32 Å². The molecule has 100 valence electrons. The van der Waals surface area contributed by atoms with Crippen molar-refractivity contribution in [2.24, 2.45) is 0 Å². The van der Waals surface area contributed by atoms with Gasteiger partial charge in [0.1, 0.15) is 5.82 Å². The highest BCUT2D eigenvalue weighted by Crippen LogP contribution is 2.23. The third-order valence-electron chi connectivity index (χ3n) is 2.48. The molecule has 0 saturated carbocycles. The first-order valence-electron chi connectivity index (χ1n) is 5.69. The molecule has 1 aromatic carbocycles. The number of hydrogen-bond donors (Lipinski definition) is 1. The molecule has 0 fully saturated rings. The monoisotopic (exact) mass is 264 g/mol. The van der Waals surface area contributed by atoms with Crippen LogP contribution in [0.1, 0.15) is 10.5 Å². The minimum Gasteiger partial charge on any atom is -0.443 e. The van der Waals surface area contributed by atoms with Gasteiger partial charge in [0.2, 0.25) is 0 Å².